The molecule has 1 atom stereocenters. The Hall–Kier alpha value is 0.0200. The van der Waals surface area contributed by atoms with Crippen LogP contribution in [0, 0.1) is 0 Å². The van der Waals surface area contributed by atoms with Gasteiger partial charge in [0.25, 0.3) is 0 Å². The summed E-state index contributed by atoms with van der Waals surface area (Å²) in [5.74, 6) is 0. The molecule has 0 aromatic rings. The summed E-state index contributed by atoms with van der Waals surface area (Å²) >= 11 is 12.2. The van der Waals surface area contributed by atoms with E-state index in [2.05, 4.69) is 33.3 Å². The number of rotatable bonds is 1. The molecule has 1 aliphatic carbocycles. The summed E-state index contributed by atoms with van der Waals surface area (Å²) in [6.45, 7) is 0. The van der Waals surface area contributed by atoms with Crippen LogP contribution in [-0.2, 0) is 0 Å². The largest absolute Gasteiger partial charge is 0.325 e. The number of hydrogen-bond acceptors (Lipinski definition) is 0. The van der Waals surface area contributed by atoms with Gasteiger partial charge in [0.05, 0.1) is 21.1 Å². The van der Waals surface area contributed by atoms with Crippen molar-refractivity contribution in [3.05, 3.63) is 22.2 Å². The second-order valence-electron chi connectivity index (χ2n) is 4.69. The van der Waals surface area contributed by atoms with Crippen molar-refractivity contribution in [2.75, 3.05) is 21.1 Å². The number of quaternary nitrogens is 1. The van der Waals surface area contributed by atoms with E-state index in [0.29, 0.717) is 6.04 Å². The van der Waals surface area contributed by atoms with Gasteiger partial charge in [-0.2, -0.15) is 0 Å². The zero-order chi connectivity index (χ0) is 10.8. The summed E-state index contributed by atoms with van der Waals surface area (Å²) in [5.41, 5.74) is 0. The fraction of sp³-hybridized carbons (Fsp3) is 0.636. The topological polar surface area (TPSA) is 0 Å². The summed E-state index contributed by atoms with van der Waals surface area (Å²) in [6.07, 6.45) is 6.99. The molecule has 3 heteroatoms. The van der Waals surface area contributed by atoms with Gasteiger partial charge in [0.15, 0.2) is 0 Å². The zero-order valence-electron chi connectivity index (χ0n) is 9.06. The van der Waals surface area contributed by atoms with Gasteiger partial charge in [0.2, 0.25) is 0 Å². The molecule has 1 aliphatic rings. The van der Waals surface area contributed by atoms with Gasteiger partial charge in [0.1, 0.15) is 6.04 Å². The average Bonchev–Trinajstić information content (AvgIpc) is 1.98. The van der Waals surface area contributed by atoms with Gasteiger partial charge < -0.3 is 4.48 Å². The first-order valence-corrected chi connectivity index (χ1v) is 5.67. The maximum atomic E-state index is 6.12. The van der Waals surface area contributed by atoms with Crippen molar-refractivity contribution in [1.82, 2.24) is 0 Å². The molecule has 0 aromatic heterocycles. The highest BCUT2D eigenvalue weighted by Gasteiger charge is 2.23. The number of halogens is 2. The van der Waals surface area contributed by atoms with Crippen LogP contribution in [0.1, 0.15) is 19.3 Å². The third kappa shape index (κ3) is 3.64. The van der Waals surface area contributed by atoms with Crippen molar-refractivity contribution in [3.8, 4) is 0 Å². The molecule has 0 fully saturated rings. The third-order valence-corrected chi connectivity index (χ3v) is 3.14. The van der Waals surface area contributed by atoms with E-state index in [0.717, 1.165) is 33.8 Å². The molecule has 14 heavy (non-hydrogen) atoms. The molecule has 0 aliphatic heterocycles. The molecule has 0 saturated heterocycles. The van der Waals surface area contributed by atoms with Crippen LogP contribution in [0.2, 0.25) is 0 Å². The second kappa shape index (κ2) is 4.69. The Kier molecular flexibility index (Phi) is 4.05. The fourth-order valence-corrected chi connectivity index (χ4v) is 2.02. The molecule has 0 N–H and O–H groups in total. The van der Waals surface area contributed by atoms with E-state index in [4.69, 9.17) is 23.2 Å². The highest BCUT2D eigenvalue weighted by atomic mass is 35.5. The van der Waals surface area contributed by atoms with Crippen LogP contribution >= 0.6 is 23.2 Å². The van der Waals surface area contributed by atoms with Gasteiger partial charge in [-0.15, -0.1) is 0 Å². The van der Waals surface area contributed by atoms with Crippen molar-refractivity contribution < 1.29 is 4.48 Å². The van der Waals surface area contributed by atoms with Crippen molar-refractivity contribution in [3.63, 3.8) is 0 Å². The molecule has 0 spiro atoms. The lowest BCUT2D eigenvalue weighted by Gasteiger charge is -2.33. The van der Waals surface area contributed by atoms with Crippen molar-refractivity contribution in [1.29, 1.82) is 0 Å². The van der Waals surface area contributed by atoms with Gasteiger partial charge in [-0.05, 0) is 18.9 Å². The smallest absolute Gasteiger partial charge is 0.113 e. The minimum absolute atomic E-state index is 0.381. The molecule has 0 bridgehead atoms. The minimum atomic E-state index is 0.381. The van der Waals surface area contributed by atoms with Crippen LogP contribution in [0.15, 0.2) is 22.2 Å². The Bertz CT molecular complexity index is 261. The van der Waals surface area contributed by atoms with E-state index in [1.54, 1.807) is 0 Å². The van der Waals surface area contributed by atoms with Crippen LogP contribution in [-0.4, -0.2) is 31.7 Å². The van der Waals surface area contributed by atoms with Gasteiger partial charge in [0, 0.05) is 16.5 Å². The minimum Gasteiger partial charge on any atom is -0.325 e. The van der Waals surface area contributed by atoms with Crippen LogP contribution in [0.4, 0.5) is 0 Å². The Morgan fingerprint density at radius 2 is 1.86 bits per heavy atom. The molecule has 80 valence electrons. The maximum absolute atomic E-state index is 6.12. The highest BCUT2D eigenvalue weighted by molar-refractivity contribution is 6.30. The summed E-state index contributed by atoms with van der Waals surface area (Å²) in [4.78, 5) is 0. The lowest BCUT2D eigenvalue weighted by Crippen LogP contribution is -2.44. The monoisotopic (exact) mass is 234 g/mol. The van der Waals surface area contributed by atoms with Crippen LogP contribution in [0.3, 0.4) is 0 Å². The number of hydrogen-bond donors (Lipinski definition) is 0. The predicted octanol–water partition coefficient (Wildman–Crippen LogP) is 3.49. The molecule has 1 unspecified atom stereocenters. The normalized spacial score (nSPS) is 32.2. The Balaban J connectivity index is 2.84. The van der Waals surface area contributed by atoms with Crippen LogP contribution < -0.4 is 0 Å². The lowest BCUT2D eigenvalue weighted by molar-refractivity contribution is -0.888. The fourth-order valence-electron chi connectivity index (χ4n) is 1.50. The van der Waals surface area contributed by atoms with Gasteiger partial charge in [-0.1, -0.05) is 29.3 Å². The zero-order valence-corrected chi connectivity index (χ0v) is 10.6. The first-order valence-electron chi connectivity index (χ1n) is 4.91. The summed E-state index contributed by atoms with van der Waals surface area (Å²) < 4.78 is 0.861. The second-order valence-corrected chi connectivity index (χ2v) is 5.66. The molecule has 0 amide bonds. The molecule has 0 aromatic carbocycles. The van der Waals surface area contributed by atoms with E-state index in [-0.39, 0.29) is 0 Å². The molecule has 1 rings (SSSR count). The van der Waals surface area contributed by atoms with Crippen molar-refractivity contribution in [2.45, 2.75) is 25.3 Å². The van der Waals surface area contributed by atoms with Gasteiger partial charge in [-0.25, -0.2) is 0 Å². The van der Waals surface area contributed by atoms with Crippen LogP contribution in [0.25, 0.3) is 0 Å². The maximum Gasteiger partial charge on any atom is 0.113 e. The number of likely N-dealkylation sites (N-methyl/N-ethyl adjacent to an activating group) is 1. The Morgan fingerprint density at radius 1 is 1.21 bits per heavy atom. The van der Waals surface area contributed by atoms with Crippen molar-refractivity contribution in [2.24, 2.45) is 0 Å². The summed E-state index contributed by atoms with van der Waals surface area (Å²) in [7, 11) is 6.49. The third-order valence-electron chi connectivity index (χ3n) is 2.52. The molecular weight excluding hydrogens is 217 g/mol. The summed E-state index contributed by atoms with van der Waals surface area (Å²) in [5, 5.41) is 1.92. The quantitative estimate of drug-likeness (QED) is 0.610. The van der Waals surface area contributed by atoms with Crippen LogP contribution in [0.5, 0.6) is 0 Å². The number of nitrogens with zero attached hydrogens (tertiary/aromatic N) is 1. The first-order chi connectivity index (χ1) is 6.39. The van der Waals surface area contributed by atoms with E-state index in [1.807, 2.05) is 0 Å². The van der Waals surface area contributed by atoms with E-state index < -0.39 is 0 Å². The summed E-state index contributed by atoms with van der Waals surface area (Å²) in [6, 6.07) is 0.381. The van der Waals surface area contributed by atoms with E-state index in [9.17, 15) is 0 Å². The van der Waals surface area contributed by atoms with E-state index in [1.165, 1.54) is 0 Å². The lowest BCUT2D eigenvalue weighted by atomic mass is 10.1. The first kappa shape index (κ1) is 12.1. The molecule has 0 heterocycles. The van der Waals surface area contributed by atoms with Gasteiger partial charge in [-0.3, -0.25) is 0 Å². The molecular formula is C11H18Cl2N+. The predicted molar refractivity (Wildman–Crippen MR) is 63.5 cm³/mol. The van der Waals surface area contributed by atoms with Crippen molar-refractivity contribution >= 4 is 23.2 Å². The molecule has 1 nitrogen and oxygen atoms in total. The van der Waals surface area contributed by atoms with Gasteiger partial charge >= 0.3 is 0 Å². The van der Waals surface area contributed by atoms with E-state index >= 15 is 0 Å². The molecule has 0 radical (unpaired) electrons. The molecule has 0 saturated carbocycles. The highest BCUT2D eigenvalue weighted by Crippen LogP contribution is 2.25. The Labute approximate surface area is 96.6 Å². The SMILES string of the molecule is C[N+](C)(C)C1/C=C(/Cl)CC/C=C(/Cl)C1. The standard InChI is InChI=1S/C11H18Cl2N/c1-14(2,3)11-7-9(12)5-4-6-10(13)8-11/h5,8,11H,4,6-7H2,1-3H3/q+1/b9-5+,10-8+. The number of allylic oxidation sites excluding steroid dienone is 2. The Morgan fingerprint density at radius 3 is 2.43 bits per heavy atom. The average molecular weight is 235 g/mol.